The zero-order valence-electron chi connectivity index (χ0n) is 14.2. The van der Waals surface area contributed by atoms with E-state index < -0.39 is 11.9 Å². The first-order valence-corrected chi connectivity index (χ1v) is 7.90. The van der Waals surface area contributed by atoms with Crippen LogP contribution in [0, 0.1) is 0 Å². The molecule has 0 spiro atoms. The molecule has 1 unspecified atom stereocenters. The molecule has 1 aromatic heterocycles. The number of urea groups is 1. The Kier molecular flexibility index (Phi) is 6.55. The van der Waals surface area contributed by atoms with Crippen LogP contribution < -0.4 is 21.3 Å². The quantitative estimate of drug-likeness (QED) is 0.570. The van der Waals surface area contributed by atoms with E-state index in [0.717, 1.165) is 0 Å². The van der Waals surface area contributed by atoms with Gasteiger partial charge in [0.05, 0.1) is 6.26 Å². The van der Waals surface area contributed by atoms with Crippen LogP contribution in [0.1, 0.15) is 17.5 Å². The molecule has 0 aliphatic carbocycles. The monoisotopic (exact) mass is 356 g/mol. The van der Waals surface area contributed by atoms with Gasteiger partial charge in [0.1, 0.15) is 6.04 Å². The number of anilines is 2. The molecule has 1 aromatic carbocycles. The van der Waals surface area contributed by atoms with Gasteiger partial charge in [0.25, 0.3) is 5.91 Å². The Labute approximate surface area is 150 Å². The molecule has 4 N–H and O–H groups in total. The number of hydrogen-bond acceptors (Lipinski definition) is 4. The van der Waals surface area contributed by atoms with Crippen molar-refractivity contribution in [3.05, 3.63) is 61.1 Å². The van der Waals surface area contributed by atoms with Crippen molar-refractivity contribution in [3.63, 3.8) is 0 Å². The Morgan fingerprint density at radius 3 is 2.35 bits per heavy atom. The largest absolute Gasteiger partial charge is 0.459 e. The highest BCUT2D eigenvalue weighted by Gasteiger charge is 2.18. The lowest BCUT2D eigenvalue weighted by atomic mass is 10.2. The van der Waals surface area contributed by atoms with Gasteiger partial charge >= 0.3 is 6.03 Å². The lowest BCUT2D eigenvalue weighted by Gasteiger charge is -2.14. The van der Waals surface area contributed by atoms with Gasteiger partial charge in [-0.3, -0.25) is 9.59 Å². The van der Waals surface area contributed by atoms with Gasteiger partial charge in [-0.05, 0) is 43.3 Å². The van der Waals surface area contributed by atoms with Crippen LogP contribution in [0.3, 0.4) is 0 Å². The fraction of sp³-hybridized carbons (Fsp3) is 0.167. The fourth-order valence-corrected chi connectivity index (χ4v) is 1.97. The average Bonchev–Trinajstić information content (AvgIpc) is 3.16. The summed E-state index contributed by atoms with van der Waals surface area (Å²) in [6, 6.07) is 8.57. The molecular formula is C18H20N4O4. The normalized spacial score (nSPS) is 11.1. The van der Waals surface area contributed by atoms with Crippen molar-refractivity contribution in [2.24, 2.45) is 0 Å². The topological polar surface area (TPSA) is 112 Å². The first kappa shape index (κ1) is 18.8. The molecule has 0 saturated carbocycles. The van der Waals surface area contributed by atoms with E-state index in [1.54, 1.807) is 43.3 Å². The second kappa shape index (κ2) is 9.07. The molecule has 0 saturated heterocycles. The van der Waals surface area contributed by atoms with Crippen molar-refractivity contribution in [1.29, 1.82) is 0 Å². The Hall–Kier alpha value is -3.55. The lowest BCUT2D eigenvalue weighted by molar-refractivity contribution is -0.117. The SMILES string of the molecule is C=CCNC(=O)Nc1ccc(NC(=O)C(C)NC(=O)c2ccco2)cc1. The first-order valence-electron chi connectivity index (χ1n) is 7.90. The van der Waals surface area contributed by atoms with Crippen LogP contribution in [0.25, 0.3) is 0 Å². The number of carbonyl (C=O) groups is 3. The average molecular weight is 356 g/mol. The molecular weight excluding hydrogens is 336 g/mol. The molecule has 8 heteroatoms. The van der Waals surface area contributed by atoms with Gasteiger partial charge in [-0.15, -0.1) is 6.58 Å². The summed E-state index contributed by atoms with van der Waals surface area (Å²) in [5.74, 6) is -0.716. The molecule has 0 aliphatic rings. The molecule has 0 aliphatic heterocycles. The number of nitrogens with one attached hydrogen (secondary N) is 4. The third kappa shape index (κ3) is 5.52. The second-order valence-electron chi connectivity index (χ2n) is 5.36. The molecule has 0 radical (unpaired) electrons. The molecule has 2 aromatic rings. The summed E-state index contributed by atoms with van der Waals surface area (Å²) in [6.07, 6.45) is 2.96. The van der Waals surface area contributed by atoms with Crippen molar-refractivity contribution in [2.75, 3.05) is 17.2 Å². The third-order valence-corrected chi connectivity index (χ3v) is 3.30. The highest BCUT2D eigenvalue weighted by Crippen LogP contribution is 2.13. The van der Waals surface area contributed by atoms with E-state index in [4.69, 9.17) is 4.42 Å². The minimum absolute atomic E-state index is 0.134. The van der Waals surface area contributed by atoms with E-state index in [-0.39, 0.29) is 17.7 Å². The second-order valence-corrected chi connectivity index (χ2v) is 5.36. The fourth-order valence-electron chi connectivity index (χ4n) is 1.97. The highest BCUT2D eigenvalue weighted by atomic mass is 16.3. The van der Waals surface area contributed by atoms with Gasteiger partial charge < -0.3 is 25.7 Å². The molecule has 136 valence electrons. The Balaban J connectivity index is 1.85. The van der Waals surface area contributed by atoms with E-state index in [1.165, 1.54) is 12.3 Å². The zero-order valence-corrected chi connectivity index (χ0v) is 14.2. The summed E-state index contributed by atoms with van der Waals surface area (Å²) in [5.41, 5.74) is 1.11. The van der Waals surface area contributed by atoms with Crippen molar-refractivity contribution >= 4 is 29.2 Å². The van der Waals surface area contributed by atoms with Gasteiger partial charge in [-0.1, -0.05) is 6.08 Å². The maximum atomic E-state index is 12.2. The minimum Gasteiger partial charge on any atom is -0.459 e. The van der Waals surface area contributed by atoms with Gasteiger partial charge in [0.15, 0.2) is 5.76 Å². The molecule has 1 heterocycles. The number of amides is 4. The van der Waals surface area contributed by atoms with Crippen molar-refractivity contribution in [1.82, 2.24) is 10.6 Å². The van der Waals surface area contributed by atoms with Gasteiger partial charge in [-0.25, -0.2) is 4.79 Å². The maximum absolute atomic E-state index is 12.2. The highest BCUT2D eigenvalue weighted by molar-refractivity contribution is 6.00. The standard InChI is InChI=1S/C18H20N4O4/c1-3-10-19-18(25)22-14-8-6-13(7-9-14)21-16(23)12(2)20-17(24)15-5-4-11-26-15/h3-9,11-12H,1,10H2,2H3,(H,20,24)(H,21,23)(H2,19,22,25). The Morgan fingerprint density at radius 2 is 1.77 bits per heavy atom. The summed E-state index contributed by atoms with van der Waals surface area (Å²) < 4.78 is 4.97. The van der Waals surface area contributed by atoms with Crippen LogP contribution in [0.5, 0.6) is 0 Å². The molecule has 1 atom stereocenters. The predicted octanol–water partition coefficient (Wildman–Crippen LogP) is 2.34. The number of rotatable bonds is 7. The van der Waals surface area contributed by atoms with E-state index in [0.29, 0.717) is 17.9 Å². The number of carbonyl (C=O) groups excluding carboxylic acids is 3. The molecule has 0 bridgehead atoms. The molecule has 2 rings (SSSR count). The van der Waals surface area contributed by atoms with Crippen molar-refractivity contribution in [2.45, 2.75) is 13.0 Å². The number of benzene rings is 1. The molecule has 26 heavy (non-hydrogen) atoms. The molecule has 0 fully saturated rings. The summed E-state index contributed by atoms with van der Waals surface area (Å²) in [5, 5.41) is 10.5. The van der Waals surface area contributed by atoms with Crippen LogP contribution in [-0.4, -0.2) is 30.4 Å². The van der Waals surface area contributed by atoms with Gasteiger partial charge in [0.2, 0.25) is 5.91 Å². The minimum atomic E-state index is -0.755. The lowest BCUT2D eigenvalue weighted by Crippen LogP contribution is -2.41. The van der Waals surface area contributed by atoms with Crippen LogP contribution in [0.15, 0.2) is 59.7 Å². The Morgan fingerprint density at radius 1 is 1.12 bits per heavy atom. The van der Waals surface area contributed by atoms with Gasteiger partial charge in [-0.2, -0.15) is 0 Å². The third-order valence-electron chi connectivity index (χ3n) is 3.30. The first-order chi connectivity index (χ1) is 12.5. The van der Waals surface area contributed by atoms with E-state index in [9.17, 15) is 14.4 Å². The van der Waals surface area contributed by atoms with E-state index in [1.807, 2.05) is 0 Å². The van der Waals surface area contributed by atoms with Gasteiger partial charge in [0, 0.05) is 17.9 Å². The van der Waals surface area contributed by atoms with E-state index >= 15 is 0 Å². The van der Waals surface area contributed by atoms with Crippen LogP contribution in [-0.2, 0) is 4.79 Å². The molecule has 4 amide bonds. The van der Waals surface area contributed by atoms with Crippen LogP contribution in [0.2, 0.25) is 0 Å². The van der Waals surface area contributed by atoms with Crippen LogP contribution >= 0.6 is 0 Å². The maximum Gasteiger partial charge on any atom is 0.319 e. The smallest absolute Gasteiger partial charge is 0.319 e. The zero-order chi connectivity index (χ0) is 18.9. The summed E-state index contributed by atoms with van der Waals surface area (Å²) in [4.78, 5) is 35.5. The van der Waals surface area contributed by atoms with Crippen LogP contribution in [0.4, 0.5) is 16.2 Å². The Bertz CT molecular complexity index is 769. The summed E-state index contributed by atoms with van der Waals surface area (Å²) >= 11 is 0. The summed E-state index contributed by atoms with van der Waals surface area (Å²) in [6.45, 7) is 5.44. The summed E-state index contributed by atoms with van der Waals surface area (Å²) in [7, 11) is 0. The van der Waals surface area contributed by atoms with Crippen molar-refractivity contribution in [3.8, 4) is 0 Å². The predicted molar refractivity (Wildman–Crippen MR) is 97.9 cm³/mol. The van der Waals surface area contributed by atoms with E-state index in [2.05, 4.69) is 27.8 Å². The molecule has 8 nitrogen and oxygen atoms in total. The number of hydrogen-bond donors (Lipinski definition) is 4. The van der Waals surface area contributed by atoms with Crippen molar-refractivity contribution < 1.29 is 18.8 Å². The number of furan rings is 1.